The molecule has 0 aliphatic carbocycles. The topological polar surface area (TPSA) is 17.3 Å². The Labute approximate surface area is 91.0 Å². The van der Waals surface area contributed by atoms with Gasteiger partial charge in [-0.15, -0.1) is 0 Å². The van der Waals surface area contributed by atoms with Gasteiger partial charge in [0.05, 0.1) is 16.9 Å². The molecule has 2 nitrogen and oxygen atoms in total. The van der Waals surface area contributed by atoms with E-state index in [0.717, 1.165) is 17.8 Å². The number of aryl methyl sites for hydroxylation is 2. The molecule has 2 rings (SSSR count). The molecule has 80 valence electrons. The molecule has 0 radical (unpaired) electrons. The molecule has 0 saturated heterocycles. The predicted molar refractivity (Wildman–Crippen MR) is 63.2 cm³/mol. The van der Waals surface area contributed by atoms with Gasteiger partial charge in [0.15, 0.2) is 0 Å². The third-order valence-electron chi connectivity index (χ3n) is 2.59. The zero-order valence-corrected chi connectivity index (χ0v) is 9.91. The Hall–Kier alpha value is -1.31. The van der Waals surface area contributed by atoms with Gasteiger partial charge in [0.2, 0.25) is 0 Å². The molecule has 0 fully saturated rings. The van der Waals surface area contributed by atoms with Crippen molar-refractivity contribution in [1.82, 2.24) is 9.38 Å². The summed E-state index contributed by atoms with van der Waals surface area (Å²) in [5, 5.41) is 0. The summed E-state index contributed by atoms with van der Waals surface area (Å²) in [7, 11) is 0. The van der Waals surface area contributed by atoms with Crippen LogP contribution < -0.4 is 0 Å². The van der Waals surface area contributed by atoms with Crippen LogP contribution >= 0.6 is 0 Å². The lowest BCUT2D eigenvalue weighted by Crippen LogP contribution is -1.92. The van der Waals surface area contributed by atoms with Crippen molar-refractivity contribution in [1.29, 1.82) is 0 Å². The Morgan fingerprint density at radius 3 is 2.67 bits per heavy atom. The molecule has 2 aromatic heterocycles. The van der Waals surface area contributed by atoms with Crippen LogP contribution in [0.1, 0.15) is 30.8 Å². The van der Waals surface area contributed by atoms with Crippen LogP contribution in [0, 0.1) is 19.8 Å². The van der Waals surface area contributed by atoms with Crippen LogP contribution in [-0.4, -0.2) is 9.38 Å². The lowest BCUT2D eigenvalue weighted by molar-refractivity contribution is 0.647. The first kappa shape index (κ1) is 10.2. The minimum atomic E-state index is 0.705. The maximum Gasteiger partial charge on any atom is 0.0666 e. The summed E-state index contributed by atoms with van der Waals surface area (Å²) >= 11 is 0. The van der Waals surface area contributed by atoms with Gasteiger partial charge in [-0.1, -0.05) is 13.8 Å². The summed E-state index contributed by atoms with van der Waals surface area (Å²) in [6.07, 6.45) is 5.45. The number of hydrogen-bond acceptors (Lipinski definition) is 1. The van der Waals surface area contributed by atoms with Gasteiger partial charge in [0.25, 0.3) is 0 Å². The first-order chi connectivity index (χ1) is 7.06. The van der Waals surface area contributed by atoms with Gasteiger partial charge >= 0.3 is 0 Å². The normalized spacial score (nSPS) is 11.5. The zero-order chi connectivity index (χ0) is 11.0. The highest BCUT2D eigenvalue weighted by molar-refractivity contribution is 5.54. The van der Waals surface area contributed by atoms with E-state index in [1.165, 1.54) is 11.1 Å². The monoisotopic (exact) mass is 202 g/mol. The van der Waals surface area contributed by atoms with Crippen LogP contribution in [0.15, 0.2) is 18.5 Å². The van der Waals surface area contributed by atoms with E-state index >= 15 is 0 Å². The maximum atomic E-state index is 4.47. The van der Waals surface area contributed by atoms with Crippen molar-refractivity contribution in [3.63, 3.8) is 0 Å². The lowest BCUT2D eigenvalue weighted by Gasteiger charge is -1.99. The molecule has 0 unspecified atom stereocenters. The Bertz CT molecular complexity index is 480. The van der Waals surface area contributed by atoms with Gasteiger partial charge in [0.1, 0.15) is 0 Å². The minimum absolute atomic E-state index is 0.705. The fourth-order valence-corrected chi connectivity index (χ4v) is 2.07. The van der Waals surface area contributed by atoms with Crippen molar-refractivity contribution in [3.05, 3.63) is 35.4 Å². The van der Waals surface area contributed by atoms with Crippen LogP contribution in [0.25, 0.3) is 5.52 Å². The molecule has 0 aromatic carbocycles. The van der Waals surface area contributed by atoms with Gasteiger partial charge in [-0.05, 0) is 37.8 Å². The highest BCUT2D eigenvalue weighted by Crippen LogP contribution is 2.16. The summed E-state index contributed by atoms with van der Waals surface area (Å²) in [5.74, 6) is 0.705. The molecule has 15 heavy (non-hydrogen) atoms. The number of rotatable bonds is 2. The van der Waals surface area contributed by atoms with Crippen molar-refractivity contribution in [2.24, 2.45) is 5.92 Å². The van der Waals surface area contributed by atoms with Crippen LogP contribution in [0.5, 0.6) is 0 Å². The van der Waals surface area contributed by atoms with E-state index in [4.69, 9.17) is 0 Å². The van der Waals surface area contributed by atoms with E-state index in [1.54, 1.807) is 0 Å². The average molecular weight is 202 g/mol. The SMILES string of the molecule is Cc1cn2cc(CC(C)C)cc2c(C)n1. The van der Waals surface area contributed by atoms with Gasteiger partial charge < -0.3 is 4.40 Å². The molecule has 2 heterocycles. The van der Waals surface area contributed by atoms with Crippen LogP contribution in [-0.2, 0) is 6.42 Å². The minimum Gasteiger partial charge on any atom is -0.320 e. The highest BCUT2D eigenvalue weighted by Gasteiger charge is 2.05. The third kappa shape index (κ3) is 2.04. The highest BCUT2D eigenvalue weighted by atomic mass is 14.9. The first-order valence-electron chi connectivity index (χ1n) is 5.51. The molecule has 0 aliphatic rings. The molecule has 0 bridgehead atoms. The summed E-state index contributed by atoms with van der Waals surface area (Å²) in [6.45, 7) is 8.60. The number of hydrogen-bond donors (Lipinski definition) is 0. The van der Waals surface area contributed by atoms with Gasteiger partial charge in [0, 0.05) is 12.4 Å². The largest absolute Gasteiger partial charge is 0.320 e. The quantitative estimate of drug-likeness (QED) is 0.731. The fraction of sp³-hybridized carbons (Fsp3) is 0.462. The van der Waals surface area contributed by atoms with E-state index in [-0.39, 0.29) is 0 Å². The van der Waals surface area contributed by atoms with Gasteiger partial charge in [-0.25, -0.2) is 0 Å². The van der Waals surface area contributed by atoms with E-state index in [2.05, 4.69) is 48.6 Å². The van der Waals surface area contributed by atoms with E-state index < -0.39 is 0 Å². The molecular formula is C13H18N2. The lowest BCUT2D eigenvalue weighted by atomic mass is 10.1. The Morgan fingerprint density at radius 1 is 1.27 bits per heavy atom. The smallest absolute Gasteiger partial charge is 0.0666 e. The second kappa shape index (κ2) is 3.69. The molecule has 0 N–H and O–H groups in total. The van der Waals surface area contributed by atoms with Crippen molar-refractivity contribution < 1.29 is 0 Å². The molecule has 0 amide bonds. The van der Waals surface area contributed by atoms with E-state index in [1.807, 2.05) is 6.92 Å². The molecule has 0 saturated carbocycles. The Kier molecular flexibility index (Phi) is 2.51. The zero-order valence-electron chi connectivity index (χ0n) is 9.91. The van der Waals surface area contributed by atoms with Crippen LogP contribution in [0.4, 0.5) is 0 Å². The van der Waals surface area contributed by atoms with Crippen LogP contribution in [0.3, 0.4) is 0 Å². The molecular weight excluding hydrogens is 184 g/mol. The maximum absolute atomic E-state index is 4.47. The van der Waals surface area contributed by atoms with E-state index in [9.17, 15) is 0 Å². The van der Waals surface area contributed by atoms with Crippen molar-refractivity contribution in [3.8, 4) is 0 Å². The number of aromatic nitrogens is 2. The predicted octanol–water partition coefficient (Wildman–Crippen LogP) is 3.15. The van der Waals surface area contributed by atoms with Crippen LogP contribution in [0.2, 0.25) is 0 Å². The number of fused-ring (bicyclic) bond motifs is 1. The standard InChI is InChI=1S/C13H18N2/c1-9(2)5-12-6-13-11(4)14-10(3)7-15(13)8-12/h6-9H,5H2,1-4H3. The van der Waals surface area contributed by atoms with Crippen molar-refractivity contribution in [2.45, 2.75) is 34.1 Å². The number of nitrogens with zero attached hydrogens (tertiary/aromatic N) is 2. The molecule has 0 aliphatic heterocycles. The Morgan fingerprint density at radius 2 is 2.00 bits per heavy atom. The van der Waals surface area contributed by atoms with E-state index in [0.29, 0.717) is 5.92 Å². The molecule has 0 spiro atoms. The third-order valence-corrected chi connectivity index (χ3v) is 2.59. The second-order valence-corrected chi connectivity index (χ2v) is 4.71. The molecule has 2 aromatic rings. The molecule has 2 heteroatoms. The van der Waals surface area contributed by atoms with Crippen molar-refractivity contribution in [2.75, 3.05) is 0 Å². The summed E-state index contributed by atoms with van der Waals surface area (Å²) in [4.78, 5) is 4.47. The summed E-state index contributed by atoms with van der Waals surface area (Å²) in [6, 6.07) is 2.25. The average Bonchev–Trinajstić information content (AvgIpc) is 2.45. The molecule has 0 atom stereocenters. The first-order valence-corrected chi connectivity index (χ1v) is 5.51. The van der Waals surface area contributed by atoms with Crippen molar-refractivity contribution >= 4 is 5.52 Å². The summed E-state index contributed by atoms with van der Waals surface area (Å²) < 4.78 is 2.19. The van der Waals surface area contributed by atoms with Gasteiger partial charge in [-0.2, -0.15) is 0 Å². The summed E-state index contributed by atoms with van der Waals surface area (Å²) in [5.41, 5.74) is 4.83. The Balaban J connectivity index is 2.50. The fourth-order valence-electron chi connectivity index (χ4n) is 2.07. The van der Waals surface area contributed by atoms with Gasteiger partial charge in [-0.3, -0.25) is 4.98 Å². The second-order valence-electron chi connectivity index (χ2n) is 4.71.